The molecule has 0 aliphatic carbocycles. The number of hydrazone groups is 1. The van der Waals surface area contributed by atoms with Gasteiger partial charge in [0.2, 0.25) is 5.75 Å². The molecule has 0 spiro atoms. The number of alkyl halides is 3. The molecule has 0 aromatic heterocycles. The standard InChI is InChI=1S/C25H21ClF3N3O6/c1-3-36-22-9-6-16(12-23(22)37-4-2)24(33)31-30-14-15-5-8-20(18(26)11-15)38-21-10-7-17(25(27,28)29)13-19(21)32(34)35/h5-14H,3-4H2,1-2H3,(H,31,33)/b30-14+. The summed E-state index contributed by atoms with van der Waals surface area (Å²) in [5.74, 6) is -0.0329. The van der Waals surface area contributed by atoms with Crippen LogP contribution in [0.15, 0.2) is 59.7 Å². The summed E-state index contributed by atoms with van der Waals surface area (Å²) in [5, 5.41) is 15.2. The van der Waals surface area contributed by atoms with Gasteiger partial charge in [0.1, 0.15) is 5.75 Å². The van der Waals surface area contributed by atoms with Crippen molar-refractivity contribution in [2.75, 3.05) is 13.2 Å². The van der Waals surface area contributed by atoms with Gasteiger partial charge in [0, 0.05) is 11.6 Å². The van der Waals surface area contributed by atoms with Gasteiger partial charge in [0.05, 0.1) is 34.9 Å². The van der Waals surface area contributed by atoms with Crippen LogP contribution in [0.25, 0.3) is 0 Å². The van der Waals surface area contributed by atoms with Crippen LogP contribution in [0, 0.1) is 10.1 Å². The number of carbonyl (C=O) groups is 1. The van der Waals surface area contributed by atoms with Crippen molar-refractivity contribution >= 4 is 29.4 Å². The summed E-state index contributed by atoms with van der Waals surface area (Å²) in [6.45, 7) is 4.45. The molecule has 0 saturated heterocycles. The van der Waals surface area contributed by atoms with Gasteiger partial charge in [-0.15, -0.1) is 0 Å². The quantitative estimate of drug-likeness (QED) is 0.172. The Kier molecular flexibility index (Phi) is 9.13. The molecule has 3 aromatic rings. The van der Waals surface area contributed by atoms with Crippen molar-refractivity contribution in [3.8, 4) is 23.0 Å². The maximum atomic E-state index is 12.9. The van der Waals surface area contributed by atoms with E-state index in [-0.39, 0.29) is 16.3 Å². The number of hydrogen-bond acceptors (Lipinski definition) is 7. The largest absolute Gasteiger partial charge is 0.490 e. The number of rotatable bonds is 10. The van der Waals surface area contributed by atoms with Crippen LogP contribution in [0.1, 0.15) is 35.3 Å². The predicted octanol–water partition coefficient (Wildman–Crippen LogP) is 6.62. The minimum Gasteiger partial charge on any atom is -0.490 e. The lowest BCUT2D eigenvalue weighted by molar-refractivity contribution is -0.385. The topological polar surface area (TPSA) is 112 Å². The average Bonchev–Trinajstić information content (AvgIpc) is 2.86. The van der Waals surface area contributed by atoms with Crippen molar-refractivity contribution in [1.82, 2.24) is 5.43 Å². The Hall–Kier alpha value is -4.32. The second-order valence-electron chi connectivity index (χ2n) is 7.46. The molecule has 200 valence electrons. The number of nitro benzene ring substituents is 1. The molecule has 1 N–H and O–H groups in total. The van der Waals surface area contributed by atoms with Crippen LogP contribution in [-0.2, 0) is 6.18 Å². The summed E-state index contributed by atoms with van der Waals surface area (Å²) in [6.07, 6.45) is -3.46. The van der Waals surface area contributed by atoms with E-state index in [9.17, 15) is 28.1 Å². The summed E-state index contributed by atoms with van der Waals surface area (Å²) in [5.41, 5.74) is 1.04. The van der Waals surface area contributed by atoms with Gasteiger partial charge in [0.25, 0.3) is 5.91 Å². The van der Waals surface area contributed by atoms with Crippen LogP contribution >= 0.6 is 11.6 Å². The molecule has 13 heteroatoms. The Morgan fingerprint density at radius 2 is 1.66 bits per heavy atom. The van der Waals surface area contributed by atoms with E-state index in [2.05, 4.69) is 10.5 Å². The zero-order valence-electron chi connectivity index (χ0n) is 20.0. The van der Waals surface area contributed by atoms with Gasteiger partial charge in [-0.3, -0.25) is 14.9 Å². The number of halogens is 4. The van der Waals surface area contributed by atoms with Gasteiger partial charge >= 0.3 is 11.9 Å². The number of nitrogens with zero attached hydrogens (tertiary/aromatic N) is 2. The summed E-state index contributed by atoms with van der Waals surface area (Å²) in [6, 6.07) is 10.8. The maximum Gasteiger partial charge on any atom is 0.416 e. The van der Waals surface area contributed by atoms with E-state index in [0.29, 0.717) is 42.4 Å². The lowest BCUT2D eigenvalue weighted by atomic mass is 10.2. The van der Waals surface area contributed by atoms with E-state index in [4.69, 9.17) is 25.8 Å². The third-order valence-electron chi connectivity index (χ3n) is 4.84. The first-order chi connectivity index (χ1) is 18.0. The van der Waals surface area contributed by atoms with Crippen LogP contribution in [0.3, 0.4) is 0 Å². The Bertz CT molecular complexity index is 1360. The van der Waals surface area contributed by atoms with Crippen molar-refractivity contribution in [3.05, 3.63) is 86.4 Å². The number of carbonyl (C=O) groups excluding carboxylic acids is 1. The maximum absolute atomic E-state index is 12.9. The molecule has 0 bridgehead atoms. The third-order valence-corrected chi connectivity index (χ3v) is 5.14. The normalized spacial score (nSPS) is 11.3. The highest BCUT2D eigenvalue weighted by Gasteiger charge is 2.33. The molecule has 38 heavy (non-hydrogen) atoms. The van der Waals surface area contributed by atoms with Crippen molar-refractivity contribution < 1.29 is 37.1 Å². The van der Waals surface area contributed by atoms with Crippen molar-refractivity contribution in [2.45, 2.75) is 20.0 Å². The highest BCUT2D eigenvalue weighted by molar-refractivity contribution is 6.32. The minimum absolute atomic E-state index is 0.00217. The van der Waals surface area contributed by atoms with E-state index >= 15 is 0 Å². The first kappa shape index (κ1) is 28.3. The number of nitro groups is 1. The first-order valence-electron chi connectivity index (χ1n) is 11.1. The van der Waals surface area contributed by atoms with E-state index in [1.165, 1.54) is 30.5 Å². The van der Waals surface area contributed by atoms with Crippen molar-refractivity contribution in [1.29, 1.82) is 0 Å². The molecule has 0 fully saturated rings. The molecule has 3 aromatic carbocycles. The Morgan fingerprint density at radius 3 is 2.29 bits per heavy atom. The summed E-state index contributed by atoms with van der Waals surface area (Å²) >= 11 is 6.19. The molecule has 9 nitrogen and oxygen atoms in total. The fraction of sp³-hybridized carbons (Fsp3) is 0.200. The van der Waals surface area contributed by atoms with Crippen LogP contribution < -0.4 is 19.6 Å². The Balaban J connectivity index is 1.71. The average molecular weight is 552 g/mol. The van der Waals surface area contributed by atoms with Gasteiger partial charge in [-0.1, -0.05) is 11.6 Å². The zero-order valence-corrected chi connectivity index (χ0v) is 20.8. The van der Waals surface area contributed by atoms with Crippen LogP contribution in [-0.4, -0.2) is 30.3 Å². The summed E-state index contributed by atoms with van der Waals surface area (Å²) in [4.78, 5) is 22.7. The molecule has 3 rings (SSSR count). The number of nitrogens with one attached hydrogen (secondary N) is 1. The number of hydrogen-bond donors (Lipinski definition) is 1. The number of ether oxygens (including phenoxy) is 3. The molecule has 1 amide bonds. The molecule has 0 atom stereocenters. The number of benzene rings is 3. The molecule has 0 radical (unpaired) electrons. The van der Waals surface area contributed by atoms with Crippen LogP contribution in [0.5, 0.6) is 23.0 Å². The van der Waals surface area contributed by atoms with Crippen LogP contribution in [0.2, 0.25) is 5.02 Å². The number of amides is 1. The highest BCUT2D eigenvalue weighted by atomic mass is 35.5. The molecular formula is C25H21ClF3N3O6. The van der Waals surface area contributed by atoms with Gasteiger partial charge in [-0.05, 0) is 67.9 Å². The molecule has 0 unspecified atom stereocenters. The predicted molar refractivity (Wildman–Crippen MR) is 133 cm³/mol. The fourth-order valence-corrected chi connectivity index (χ4v) is 3.37. The van der Waals surface area contributed by atoms with Gasteiger partial charge < -0.3 is 14.2 Å². The third kappa shape index (κ3) is 7.13. The van der Waals surface area contributed by atoms with E-state index in [1.54, 1.807) is 19.1 Å². The van der Waals surface area contributed by atoms with Crippen molar-refractivity contribution in [2.24, 2.45) is 5.10 Å². The highest BCUT2D eigenvalue weighted by Crippen LogP contribution is 2.39. The van der Waals surface area contributed by atoms with E-state index < -0.39 is 34.0 Å². The fourth-order valence-electron chi connectivity index (χ4n) is 3.14. The SMILES string of the molecule is CCOc1ccc(C(=O)N/N=C/c2ccc(Oc3ccc(C(F)(F)F)cc3[N+](=O)[O-])c(Cl)c2)cc1OCC. The van der Waals surface area contributed by atoms with Gasteiger partial charge in [0.15, 0.2) is 11.5 Å². The molecule has 0 heterocycles. The Morgan fingerprint density at radius 1 is 1.00 bits per heavy atom. The minimum atomic E-state index is -4.75. The summed E-state index contributed by atoms with van der Waals surface area (Å²) in [7, 11) is 0. The Labute approximate surface area is 219 Å². The van der Waals surface area contributed by atoms with Crippen molar-refractivity contribution in [3.63, 3.8) is 0 Å². The molecule has 0 aliphatic heterocycles. The molecular weight excluding hydrogens is 531 g/mol. The second-order valence-corrected chi connectivity index (χ2v) is 7.86. The summed E-state index contributed by atoms with van der Waals surface area (Å²) < 4.78 is 55.1. The zero-order chi connectivity index (χ0) is 27.9. The van der Waals surface area contributed by atoms with Gasteiger partial charge in [-0.25, -0.2) is 5.43 Å². The first-order valence-corrected chi connectivity index (χ1v) is 11.5. The molecule has 0 saturated carbocycles. The lowest BCUT2D eigenvalue weighted by Gasteiger charge is -2.12. The van der Waals surface area contributed by atoms with E-state index in [1.807, 2.05) is 6.92 Å². The smallest absolute Gasteiger partial charge is 0.416 e. The lowest BCUT2D eigenvalue weighted by Crippen LogP contribution is -2.17. The molecule has 0 aliphatic rings. The van der Waals surface area contributed by atoms with E-state index in [0.717, 1.165) is 6.07 Å². The monoisotopic (exact) mass is 551 g/mol. The van der Waals surface area contributed by atoms with Gasteiger partial charge in [-0.2, -0.15) is 18.3 Å². The van der Waals surface area contributed by atoms with Crippen LogP contribution in [0.4, 0.5) is 18.9 Å². The second kappa shape index (κ2) is 12.3.